The van der Waals surface area contributed by atoms with Crippen molar-refractivity contribution in [2.24, 2.45) is 4.99 Å². The molecule has 1 fully saturated rings. The highest BCUT2D eigenvalue weighted by atomic mass is 79.9. The molecule has 1 aliphatic heterocycles. The van der Waals surface area contributed by atoms with Crippen LogP contribution in [0.4, 0.5) is 17.1 Å². The minimum Gasteiger partial charge on any atom is -0.483 e. The Morgan fingerprint density at radius 1 is 0.976 bits per heavy atom. The molecule has 2 amide bonds. The zero-order valence-electron chi connectivity index (χ0n) is 21.9. The van der Waals surface area contributed by atoms with Crippen LogP contribution in [0.25, 0.3) is 6.08 Å². The smallest absolute Gasteiger partial charge is 0.271 e. The highest BCUT2D eigenvalue weighted by Crippen LogP contribution is 2.39. The van der Waals surface area contributed by atoms with Gasteiger partial charge in [-0.05, 0) is 109 Å². The highest BCUT2D eigenvalue weighted by Gasteiger charge is 2.35. The molecule has 0 aromatic heterocycles. The average molecular weight is 702 g/mol. The maximum absolute atomic E-state index is 13.7. The summed E-state index contributed by atoms with van der Waals surface area (Å²) < 4.78 is 6.66. The first-order valence-corrected chi connectivity index (χ1v) is 15.2. The van der Waals surface area contributed by atoms with Crippen LogP contribution in [0.3, 0.4) is 0 Å². The molecule has 42 heavy (non-hydrogen) atoms. The van der Waals surface area contributed by atoms with E-state index < -0.39 is 0 Å². The molecule has 1 aliphatic rings. The Labute approximate surface area is 270 Å². The van der Waals surface area contributed by atoms with Crippen molar-refractivity contribution in [3.63, 3.8) is 0 Å². The van der Waals surface area contributed by atoms with E-state index in [0.717, 1.165) is 10.0 Å². The molecule has 6 nitrogen and oxygen atoms in total. The van der Waals surface area contributed by atoms with Crippen molar-refractivity contribution in [2.45, 2.75) is 6.92 Å². The lowest BCUT2D eigenvalue weighted by molar-refractivity contribution is -0.118. The Bertz CT molecular complexity index is 1730. The fourth-order valence-corrected chi connectivity index (χ4v) is 5.71. The van der Waals surface area contributed by atoms with Crippen molar-refractivity contribution >= 4 is 103 Å². The van der Waals surface area contributed by atoms with Crippen molar-refractivity contribution in [3.05, 3.63) is 121 Å². The Morgan fingerprint density at radius 3 is 2.36 bits per heavy atom. The quantitative estimate of drug-likeness (QED) is 0.195. The molecular weight excluding hydrogens is 681 g/mol. The summed E-state index contributed by atoms with van der Waals surface area (Å²) in [5.74, 6) is -0.193. The minimum atomic E-state index is -0.353. The van der Waals surface area contributed by atoms with Gasteiger partial charge in [0, 0.05) is 30.8 Å². The van der Waals surface area contributed by atoms with Crippen LogP contribution in [-0.4, -0.2) is 23.6 Å². The number of hydrogen-bond donors (Lipinski definition) is 1. The highest BCUT2D eigenvalue weighted by molar-refractivity contribution is 9.10. The van der Waals surface area contributed by atoms with Crippen LogP contribution in [-0.2, 0) is 9.59 Å². The molecule has 0 bridgehead atoms. The average Bonchev–Trinajstić information content (AvgIpc) is 3.26. The van der Waals surface area contributed by atoms with Crippen molar-refractivity contribution in [3.8, 4) is 5.75 Å². The van der Waals surface area contributed by atoms with E-state index in [4.69, 9.17) is 44.5 Å². The molecule has 4 aromatic rings. The molecule has 212 valence electrons. The summed E-state index contributed by atoms with van der Waals surface area (Å²) in [6.07, 6.45) is 1.72. The molecule has 5 rings (SSSR count). The molecule has 0 spiro atoms. The van der Waals surface area contributed by atoms with E-state index in [1.165, 1.54) is 16.7 Å². The van der Waals surface area contributed by atoms with Crippen LogP contribution < -0.4 is 15.0 Å². The SMILES string of the molecule is Cc1ccc(NC(=O)COc2ccc(Br)cc2/C=C2\SC(=Nc3ccc(Cl)cc3)N(c3ccc(Cl)cc3)C2=O)cc1Cl. The number of rotatable bonds is 7. The van der Waals surface area contributed by atoms with Gasteiger partial charge in [-0.15, -0.1) is 0 Å². The minimum absolute atomic E-state index is 0.245. The zero-order valence-corrected chi connectivity index (χ0v) is 26.6. The lowest BCUT2D eigenvalue weighted by Crippen LogP contribution is -2.28. The number of nitrogens with zero attached hydrogens (tertiary/aromatic N) is 2. The Morgan fingerprint density at radius 2 is 1.67 bits per heavy atom. The second-order valence-corrected chi connectivity index (χ2v) is 12.3. The predicted molar refractivity (Wildman–Crippen MR) is 178 cm³/mol. The van der Waals surface area contributed by atoms with Gasteiger partial charge in [-0.1, -0.05) is 56.8 Å². The van der Waals surface area contributed by atoms with Gasteiger partial charge in [0.2, 0.25) is 0 Å². The van der Waals surface area contributed by atoms with Crippen LogP contribution in [0.15, 0.2) is 99.3 Å². The first-order valence-electron chi connectivity index (χ1n) is 12.5. The van der Waals surface area contributed by atoms with Crippen LogP contribution in [0.2, 0.25) is 15.1 Å². The van der Waals surface area contributed by atoms with Crippen LogP contribution in [0.5, 0.6) is 5.75 Å². The van der Waals surface area contributed by atoms with Crippen molar-refractivity contribution in [1.82, 2.24) is 0 Å². The predicted octanol–water partition coefficient (Wildman–Crippen LogP) is 9.54. The molecule has 0 radical (unpaired) electrons. The third-order valence-electron chi connectivity index (χ3n) is 6.02. The molecule has 0 unspecified atom stereocenters. The number of hydrogen-bond acceptors (Lipinski definition) is 5. The molecule has 0 saturated carbocycles. The van der Waals surface area contributed by atoms with Gasteiger partial charge in [-0.3, -0.25) is 14.5 Å². The van der Waals surface area contributed by atoms with Gasteiger partial charge >= 0.3 is 0 Å². The van der Waals surface area contributed by atoms with Crippen molar-refractivity contribution in [2.75, 3.05) is 16.8 Å². The van der Waals surface area contributed by atoms with E-state index >= 15 is 0 Å². The van der Waals surface area contributed by atoms with Crippen LogP contribution >= 0.6 is 62.5 Å². The molecule has 4 aromatic carbocycles. The fraction of sp³-hybridized carbons (Fsp3) is 0.0645. The summed E-state index contributed by atoms with van der Waals surface area (Å²) in [7, 11) is 0. The Hall–Kier alpha value is -3.27. The number of thioether (sulfide) groups is 1. The number of aliphatic imine (C=N–C) groups is 1. The largest absolute Gasteiger partial charge is 0.483 e. The van der Waals surface area contributed by atoms with Gasteiger partial charge in [-0.25, -0.2) is 4.99 Å². The molecular formula is C31H21BrCl3N3O3S. The van der Waals surface area contributed by atoms with E-state index in [0.29, 0.717) is 53.5 Å². The lowest BCUT2D eigenvalue weighted by Gasteiger charge is -2.15. The third-order valence-corrected chi connectivity index (χ3v) is 8.39. The number of carbonyl (C=O) groups is 2. The summed E-state index contributed by atoms with van der Waals surface area (Å²) >= 11 is 23.0. The summed E-state index contributed by atoms with van der Waals surface area (Å²) in [5.41, 5.74) is 3.35. The number of amidine groups is 1. The van der Waals surface area contributed by atoms with Crippen molar-refractivity contribution in [1.29, 1.82) is 0 Å². The topological polar surface area (TPSA) is 71.0 Å². The number of nitrogens with one attached hydrogen (secondary N) is 1. The number of ether oxygens (including phenoxy) is 1. The van der Waals surface area contributed by atoms with E-state index in [-0.39, 0.29) is 18.4 Å². The van der Waals surface area contributed by atoms with Gasteiger partial charge in [0.25, 0.3) is 11.8 Å². The summed E-state index contributed by atoms with van der Waals surface area (Å²) in [5, 5.41) is 4.94. The molecule has 1 N–H and O–H groups in total. The van der Waals surface area contributed by atoms with Gasteiger partial charge in [-0.2, -0.15) is 0 Å². The van der Waals surface area contributed by atoms with E-state index in [9.17, 15) is 9.59 Å². The Kier molecular flexibility index (Phi) is 9.60. The first-order chi connectivity index (χ1) is 20.2. The van der Waals surface area contributed by atoms with Crippen molar-refractivity contribution < 1.29 is 14.3 Å². The molecule has 1 saturated heterocycles. The lowest BCUT2D eigenvalue weighted by atomic mass is 10.2. The second kappa shape index (κ2) is 13.4. The van der Waals surface area contributed by atoms with E-state index in [1.807, 2.05) is 19.1 Å². The summed E-state index contributed by atoms with van der Waals surface area (Å²) in [4.78, 5) is 33.0. The number of carbonyl (C=O) groups excluding carboxylic acids is 2. The van der Waals surface area contributed by atoms with E-state index in [2.05, 4.69) is 21.2 Å². The first kappa shape index (κ1) is 30.2. The van der Waals surface area contributed by atoms with Crippen LogP contribution in [0.1, 0.15) is 11.1 Å². The number of halogens is 4. The maximum atomic E-state index is 13.7. The molecule has 1 heterocycles. The summed E-state index contributed by atoms with van der Waals surface area (Å²) in [6.45, 7) is 1.64. The maximum Gasteiger partial charge on any atom is 0.271 e. The third kappa shape index (κ3) is 7.38. The Balaban J connectivity index is 1.42. The summed E-state index contributed by atoms with van der Waals surface area (Å²) in [6, 6.07) is 24.6. The second-order valence-electron chi connectivity index (χ2n) is 9.08. The van der Waals surface area contributed by atoms with Gasteiger partial charge in [0.1, 0.15) is 5.75 Å². The zero-order chi connectivity index (χ0) is 29.8. The number of aryl methyl sites for hydroxylation is 1. The van der Waals surface area contributed by atoms with Gasteiger partial charge in [0.15, 0.2) is 11.8 Å². The number of amides is 2. The normalized spacial score (nSPS) is 15.0. The van der Waals surface area contributed by atoms with E-state index in [1.54, 1.807) is 78.9 Å². The van der Waals surface area contributed by atoms with Crippen LogP contribution in [0, 0.1) is 6.92 Å². The van der Waals surface area contributed by atoms with Gasteiger partial charge in [0.05, 0.1) is 16.3 Å². The molecule has 0 aliphatic carbocycles. The monoisotopic (exact) mass is 699 g/mol. The number of benzene rings is 4. The molecule has 0 atom stereocenters. The standard InChI is InChI=1S/C31H21BrCl3N3O3S/c1-18-2-8-24(16-26(18)35)36-29(39)17-41-27-13-3-20(32)14-19(27)15-28-30(40)38(25-11-6-22(34)7-12-25)31(42-28)37-23-9-4-21(33)5-10-23/h2-16H,17H2,1H3,(H,36,39)/b28-15-,37-31?. The number of anilines is 2. The molecule has 11 heteroatoms. The fourth-order valence-electron chi connectivity index (χ4n) is 3.91. The van der Waals surface area contributed by atoms with Gasteiger partial charge < -0.3 is 10.1 Å².